The number of β-amino-alcohol motifs (C(OH)–C–C–N with tert-alkyl or cyclic N) is 1. The SMILES string of the molecule is N#Cc1ccc(S(=O)(=O)N2CC(O)CC2c2ccc(F)cc2)cc1. The highest BCUT2D eigenvalue weighted by Crippen LogP contribution is 2.36. The number of sulfonamides is 1. The zero-order valence-corrected chi connectivity index (χ0v) is 13.4. The van der Waals surface area contributed by atoms with E-state index in [0.29, 0.717) is 11.1 Å². The lowest BCUT2D eigenvalue weighted by molar-refractivity contribution is 0.188. The molecule has 7 heteroatoms. The number of hydrogen-bond donors (Lipinski definition) is 1. The van der Waals surface area contributed by atoms with E-state index in [-0.39, 0.29) is 17.9 Å². The largest absolute Gasteiger partial charge is 0.392 e. The molecule has 2 aromatic rings. The lowest BCUT2D eigenvalue weighted by atomic mass is 10.0. The Hall–Kier alpha value is -2.27. The molecule has 1 N–H and O–H groups in total. The summed E-state index contributed by atoms with van der Waals surface area (Å²) in [5.74, 6) is -0.404. The van der Waals surface area contributed by atoms with E-state index in [4.69, 9.17) is 5.26 Å². The summed E-state index contributed by atoms with van der Waals surface area (Å²) in [5, 5.41) is 18.8. The van der Waals surface area contributed by atoms with Crippen LogP contribution in [0.4, 0.5) is 4.39 Å². The van der Waals surface area contributed by atoms with Crippen molar-refractivity contribution in [1.82, 2.24) is 4.31 Å². The zero-order valence-electron chi connectivity index (χ0n) is 12.6. The van der Waals surface area contributed by atoms with Crippen molar-refractivity contribution in [2.75, 3.05) is 6.54 Å². The van der Waals surface area contributed by atoms with Gasteiger partial charge < -0.3 is 5.11 Å². The zero-order chi connectivity index (χ0) is 17.3. The molecule has 1 aliphatic rings. The van der Waals surface area contributed by atoms with Crippen LogP contribution in [0.3, 0.4) is 0 Å². The first-order chi connectivity index (χ1) is 11.4. The van der Waals surface area contributed by atoms with Crippen LogP contribution in [-0.4, -0.2) is 30.5 Å². The summed E-state index contributed by atoms with van der Waals surface area (Å²) in [6.45, 7) is -0.0234. The Labute approximate surface area is 139 Å². The molecule has 0 bridgehead atoms. The molecule has 0 saturated carbocycles. The van der Waals surface area contributed by atoms with E-state index in [1.165, 1.54) is 52.8 Å². The molecule has 1 fully saturated rings. The van der Waals surface area contributed by atoms with E-state index in [1.807, 2.05) is 6.07 Å². The van der Waals surface area contributed by atoms with Crippen LogP contribution in [0.25, 0.3) is 0 Å². The molecule has 0 radical (unpaired) electrons. The van der Waals surface area contributed by atoms with E-state index < -0.39 is 28.0 Å². The number of nitrogens with zero attached hydrogens (tertiary/aromatic N) is 2. The molecule has 0 aliphatic carbocycles. The van der Waals surface area contributed by atoms with Gasteiger partial charge in [-0.1, -0.05) is 12.1 Å². The van der Waals surface area contributed by atoms with E-state index in [9.17, 15) is 17.9 Å². The first-order valence-electron chi connectivity index (χ1n) is 7.37. The van der Waals surface area contributed by atoms with Gasteiger partial charge in [-0.25, -0.2) is 12.8 Å². The van der Waals surface area contributed by atoms with Crippen molar-refractivity contribution in [3.63, 3.8) is 0 Å². The minimum absolute atomic E-state index is 0.0234. The number of halogens is 1. The van der Waals surface area contributed by atoms with Crippen LogP contribution in [-0.2, 0) is 10.0 Å². The summed E-state index contributed by atoms with van der Waals surface area (Å²) in [5.41, 5.74) is 0.996. The standard InChI is InChI=1S/C17H15FN2O3S/c18-14-5-3-13(4-6-14)17-9-15(21)11-20(17)24(22,23)16-7-1-12(10-19)2-8-16/h1-8,15,17,21H,9,11H2. The molecule has 24 heavy (non-hydrogen) atoms. The number of hydrogen-bond acceptors (Lipinski definition) is 4. The monoisotopic (exact) mass is 346 g/mol. The van der Waals surface area contributed by atoms with Crippen LogP contribution >= 0.6 is 0 Å². The normalized spacial score (nSPS) is 21.5. The second-order valence-corrected chi connectivity index (χ2v) is 7.56. The topological polar surface area (TPSA) is 81.4 Å². The molecular weight excluding hydrogens is 331 g/mol. The average Bonchev–Trinajstić information content (AvgIpc) is 2.98. The summed E-state index contributed by atoms with van der Waals surface area (Å²) in [6.07, 6.45) is -0.533. The lowest BCUT2D eigenvalue weighted by Gasteiger charge is -2.24. The molecule has 2 unspecified atom stereocenters. The third kappa shape index (κ3) is 3.04. The van der Waals surface area contributed by atoms with Gasteiger partial charge in [0.25, 0.3) is 0 Å². The van der Waals surface area contributed by atoms with Gasteiger partial charge in [-0.05, 0) is 48.4 Å². The molecular formula is C17H15FN2O3S. The second-order valence-electron chi connectivity index (χ2n) is 5.67. The first kappa shape index (κ1) is 16.6. The maximum absolute atomic E-state index is 13.1. The number of aliphatic hydroxyl groups excluding tert-OH is 1. The number of benzene rings is 2. The van der Waals surface area contributed by atoms with Crippen molar-refractivity contribution in [2.24, 2.45) is 0 Å². The smallest absolute Gasteiger partial charge is 0.243 e. The van der Waals surface area contributed by atoms with Crippen molar-refractivity contribution >= 4 is 10.0 Å². The van der Waals surface area contributed by atoms with Crippen molar-refractivity contribution in [2.45, 2.75) is 23.5 Å². The second kappa shape index (κ2) is 6.32. The van der Waals surface area contributed by atoms with Gasteiger partial charge in [0, 0.05) is 6.54 Å². The molecule has 1 saturated heterocycles. The minimum atomic E-state index is -3.83. The highest BCUT2D eigenvalue weighted by Gasteiger charge is 2.40. The molecule has 1 heterocycles. The van der Waals surface area contributed by atoms with Crippen LogP contribution in [0.1, 0.15) is 23.6 Å². The predicted octanol–water partition coefficient (Wildman–Crippen LogP) is 2.19. The van der Waals surface area contributed by atoms with Crippen LogP contribution in [0.2, 0.25) is 0 Å². The molecule has 0 amide bonds. The summed E-state index contributed by atoms with van der Waals surface area (Å²) in [7, 11) is -3.83. The van der Waals surface area contributed by atoms with Gasteiger partial charge in [0.2, 0.25) is 10.0 Å². The van der Waals surface area contributed by atoms with E-state index in [2.05, 4.69) is 0 Å². The summed E-state index contributed by atoms with van der Waals surface area (Å²) >= 11 is 0. The van der Waals surface area contributed by atoms with Crippen LogP contribution in [0.15, 0.2) is 53.4 Å². The fraction of sp³-hybridized carbons (Fsp3) is 0.235. The van der Waals surface area contributed by atoms with Gasteiger partial charge >= 0.3 is 0 Å². The summed E-state index contributed by atoms with van der Waals surface area (Å²) < 4.78 is 40.1. The van der Waals surface area contributed by atoms with Gasteiger partial charge in [0.1, 0.15) is 5.82 Å². The van der Waals surface area contributed by atoms with E-state index >= 15 is 0 Å². The molecule has 0 spiro atoms. The fourth-order valence-corrected chi connectivity index (χ4v) is 4.54. The third-order valence-electron chi connectivity index (χ3n) is 4.08. The average molecular weight is 346 g/mol. The quantitative estimate of drug-likeness (QED) is 0.924. The van der Waals surface area contributed by atoms with Gasteiger partial charge in [-0.2, -0.15) is 9.57 Å². The molecule has 2 aromatic carbocycles. The van der Waals surface area contributed by atoms with Crippen LogP contribution in [0.5, 0.6) is 0 Å². The Morgan fingerprint density at radius 2 is 1.75 bits per heavy atom. The first-order valence-corrected chi connectivity index (χ1v) is 8.81. The Kier molecular flexibility index (Phi) is 4.37. The number of nitriles is 1. The Balaban J connectivity index is 1.98. The summed E-state index contributed by atoms with van der Waals surface area (Å²) in [4.78, 5) is 0.0581. The van der Waals surface area contributed by atoms with Crippen molar-refractivity contribution < 1.29 is 17.9 Å². The minimum Gasteiger partial charge on any atom is -0.392 e. The van der Waals surface area contributed by atoms with Gasteiger partial charge in [0.05, 0.1) is 28.7 Å². The van der Waals surface area contributed by atoms with Crippen LogP contribution in [0, 0.1) is 17.1 Å². The fourth-order valence-electron chi connectivity index (χ4n) is 2.87. The molecule has 0 aromatic heterocycles. The number of aliphatic hydroxyl groups is 1. The molecule has 1 aliphatic heterocycles. The van der Waals surface area contributed by atoms with Gasteiger partial charge in [-0.3, -0.25) is 0 Å². The summed E-state index contributed by atoms with van der Waals surface area (Å²) in [6, 6.07) is 12.6. The molecule has 2 atom stereocenters. The highest BCUT2D eigenvalue weighted by molar-refractivity contribution is 7.89. The van der Waals surface area contributed by atoms with E-state index in [1.54, 1.807) is 0 Å². The number of rotatable bonds is 3. The van der Waals surface area contributed by atoms with Crippen molar-refractivity contribution in [1.29, 1.82) is 5.26 Å². The maximum Gasteiger partial charge on any atom is 0.243 e. The Morgan fingerprint density at radius 3 is 2.33 bits per heavy atom. The highest BCUT2D eigenvalue weighted by atomic mass is 32.2. The van der Waals surface area contributed by atoms with E-state index in [0.717, 1.165) is 0 Å². The Bertz CT molecular complexity index is 874. The van der Waals surface area contributed by atoms with Crippen molar-refractivity contribution in [3.05, 3.63) is 65.5 Å². The Morgan fingerprint density at radius 1 is 1.12 bits per heavy atom. The van der Waals surface area contributed by atoms with Crippen molar-refractivity contribution in [3.8, 4) is 6.07 Å². The third-order valence-corrected chi connectivity index (χ3v) is 5.97. The van der Waals surface area contributed by atoms with Gasteiger partial charge in [0.15, 0.2) is 0 Å². The van der Waals surface area contributed by atoms with Crippen LogP contribution < -0.4 is 0 Å². The molecule has 5 nitrogen and oxygen atoms in total. The molecule has 124 valence electrons. The lowest BCUT2D eigenvalue weighted by Crippen LogP contribution is -2.31. The molecule has 3 rings (SSSR count). The maximum atomic E-state index is 13.1. The van der Waals surface area contributed by atoms with Gasteiger partial charge in [-0.15, -0.1) is 0 Å². The predicted molar refractivity (Wildman–Crippen MR) is 84.8 cm³/mol.